The van der Waals surface area contributed by atoms with Crippen molar-refractivity contribution in [3.8, 4) is 0 Å². The maximum Gasteiger partial charge on any atom is 0.321 e. The van der Waals surface area contributed by atoms with E-state index in [1.54, 1.807) is 11.9 Å². The van der Waals surface area contributed by atoms with Crippen molar-refractivity contribution >= 4 is 11.7 Å². The minimum Gasteiger partial charge on any atom is -0.324 e. The van der Waals surface area contributed by atoms with Crippen LogP contribution in [0.3, 0.4) is 0 Å². The number of nitrogens with zero attached hydrogens (tertiary/aromatic N) is 1. The molecule has 0 aliphatic carbocycles. The van der Waals surface area contributed by atoms with Crippen LogP contribution in [-0.2, 0) is 6.54 Å². The van der Waals surface area contributed by atoms with Gasteiger partial charge in [0.05, 0.1) is 0 Å². The Morgan fingerprint density at radius 3 is 2.67 bits per heavy atom. The Hall–Kier alpha value is -1.55. The van der Waals surface area contributed by atoms with Crippen LogP contribution in [0.15, 0.2) is 18.2 Å². The summed E-state index contributed by atoms with van der Waals surface area (Å²) in [7, 11) is 1.79. The first-order valence-corrected chi connectivity index (χ1v) is 6.19. The van der Waals surface area contributed by atoms with Gasteiger partial charge in [0.2, 0.25) is 0 Å². The molecule has 0 spiro atoms. The highest BCUT2D eigenvalue weighted by molar-refractivity contribution is 5.92. The van der Waals surface area contributed by atoms with Crippen molar-refractivity contribution in [1.82, 2.24) is 4.90 Å². The summed E-state index contributed by atoms with van der Waals surface area (Å²) in [5.74, 6) is 0. The standard InChI is InChI=1S/C14H21N3O/c1-14(2,3)12(15)9-5-6-11-10(7-9)8-17(4)13(18)16-11/h5-7,12H,8,15H2,1-4H3,(H,16,18). The van der Waals surface area contributed by atoms with Crippen LogP contribution in [0.1, 0.15) is 37.9 Å². The molecule has 0 radical (unpaired) electrons. The van der Waals surface area contributed by atoms with Gasteiger partial charge in [-0.25, -0.2) is 4.79 Å². The van der Waals surface area contributed by atoms with E-state index in [9.17, 15) is 4.79 Å². The van der Waals surface area contributed by atoms with Gasteiger partial charge in [0.1, 0.15) is 0 Å². The molecule has 0 fully saturated rings. The Morgan fingerprint density at radius 1 is 1.39 bits per heavy atom. The first kappa shape index (κ1) is 12.9. The highest BCUT2D eigenvalue weighted by atomic mass is 16.2. The average molecular weight is 247 g/mol. The van der Waals surface area contributed by atoms with Gasteiger partial charge < -0.3 is 16.0 Å². The zero-order chi connectivity index (χ0) is 13.5. The quantitative estimate of drug-likeness (QED) is 0.801. The fraction of sp³-hybridized carbons (Fsp3) is 0.500. The van der Waals surface area contributed by atoms with Crippen molar-refractivity contribution in [2.75, 3.05) is 12.4 Å². The number of nitrogens with two attached hydrogens (primary N) is 1. The molecule has 3 N–H and O–H groups in total. The van der Waals surface area contributed by atoms with Crippen LogP contribution in [0.5, 0.6) is 0 Å². The Morgan fingerprint density at radius 2 is 2.06 bits per heavy atom. The smallest absolute Gasteiger partial charge is 0.321 e. The number of benzene rings is 1. The van der Waals surface area contributed by atoms with E-state index in [1.165, 1.54) is 0 Å². The van der Waals surface area contributed by atoms with Crippen LogP contribution in [0.25, 0.3) is 0 Å². The van der Waals surface area contributed by atoms with Gasteiger partial charge in [0, 0.05) is 25.3 Å². The van der Waals surface area contributed by atoms with Gasteiger partial charge in [-0.1, -0.05) is 32.9 Å². The van der Waals surface area contributed by atoms with Crippen LogP contribution in [0, 0.1) is 5.41 Å². The van der Waals surface area contributed by atoms with Gasteiger partial charge in [0.25, 0.3) is 0 Å². The Labute approximate surface area is 108 Å². The summed E-state index contributed by atoms with van der Waals surface area (Å²) in [6.45, 7) is 7.02. The fourth-order valence-corrected chi connectivity index (χ4v) is 2.10. The van der Waals surface area contributed by atoms with E-state index in [4.69, 9.17) is 5.73 Å². The van der Waals surface area contributed by atoms with Gasteiger partial charge >= 0.3 is 6.03 Å². The number of carbonyl (C=O) groups excluding carboxylic acids is 1. The summed E-state index contributed by atoms with van der Waals surface area (Å²) in [6, 6.07) is 5.98. The van der Waals surface area contributed by atoms with Gasteiger partial charge in [-0.15, -0.1) is 0 Å². The summed E-state index contributed by atoms with van der Waals surface area (Å²) < 4.78 is 0. The number of carbonyl (C=O) groups is 1. The van der Waals surface area contributed by atoms with E-state index in [2.05, 4.69) is 32.2 Å². The Bertz CT molecular complexity index is 476. The number of urea groups is 1. The molecule has 1 aromatic rings. The van der Waals surface area contributed by atoms with Gasteiger partial charge in [-0.05, 0) is 22.6 Å². The molecule has 0 saturated heterocycles. The van der Waals surface area contributed by atoms with Crippen LogP contribution in [-0.4, -0.2) is 18.0 Å². The second-order valence-electron chi connectivity index (χ2n) is 6.05. The zero-order valence-electron chi connectivity index (χ0n) is 11.4. The fourth-order valence-electron chi connectivity index (χ4n) is 2.10. The minimum absolute atomic E-state index is 0.00858. The van der Waals surface area contributed by atoms with Crippen molar-refractivity contribution < 1.29 is 4.79 Å². The molecule has 98 valence electrons. The molecule has 0 saturated carbocycles. The molecule has 2 amide bonds. The molecular formula is C14H21N3O. The molecule has 1 aromatic carbocycles. The Kier molecular flexibility index (Phi) is 3.07. The SMILES string of the molecule is CN1Cc2cc(C(N)C(C)(C)C)ccc2NC1=O. The van der Waals surface area contributed by atoms with Crippen molar-refractivity contribution in [2.45, 2.75) is 33.4 Å². The third kappa shape index (κ3) is 2.34. The number of hydrogen-bond donors (Lipinski definition) is 2. The first-order chi connectivity index (χ1) is 8.29. The number of rotatable bonds is 1. The topological polar surface area (TPSA) is 58.4 Å². The maximum atomic E-state index is 11.5. The highest BCUT2D eigenvalue weighted by Gasteiger charge is 2.25. The van der Waals surface area contributed by atoms with Crippen LogP contribution >= 0.6 is 0 Å². The molecular weight excluding hydrogens is 226 g/mol. The molecule has 1 aliphatic heterocycles. The second-order valence-corrected chi connectivity index (χ2v) is 6.05. The normalized spacial score (nSPS) is 17.2. The highest BCUT2D eigenvalue weighted by Crippen LogP contribution is 2.33. The number of hydrogen-bond acceptors (Lipinski definition) is 2. The third-order valence-corrected chi connectivity index (χ3v) is 3.42. The molecule has 4 nitrogen and oxygen atoms in total. The molecule has 4 heteroatoms. The lowest BCUT2D eigenvalue weighted by atomic mass is 9.82. The number of nitrogens with one attached hydrogen (secondary N) is 1. The molecule has 0 aromatic heterocycles. The lowest BCUT2D eigenvalue weighted by Gasteiger charge is -2.30. The van der Waals surface area contributed by atoms with E-state index >= 15 is 0 Å². The molecule has 2 rings (SSSR count). The van der Waals surface area contributed by atoms with Crippen LogP contribution in [0.4, 0.5) is 10.5 Å². The number of anilines is 1. The molecule has 0 bridgehead atoms. The average Bonchev–Trinajstić information content (AvgIpc) is 2.28. The van der Waals surface area contributed by atoms with Crippen molar-refractivity contribution in [1.29, 1.82) is 0 Å². The monoisotopic (exact) mass is 247 g/mol. The molecule has 18 heavy (non-hydrogen) atoms. The van der Waals surface area contributed by atoms with E-state index in [0.29, 0.717) is 6.54 Å². The van der Waals surface area contributed by atoms with E-state index in [0.717, 1.165) is 16.8 Å². The number of amides is 2. The van der Waals surface area contributed by atoms with Crippen molar-refractivity contribution in [3.63, 3.8) is 0 Å². The second kappa shape index (κ2) is 4.28. The predicted molar refractivity (Wildman–Crippen MR) is 73.3 cm³/mol. The van der Waals surface area contributed by atoms with Gasteiger partial charge in [-0.3, -0.25) is 0 Å². The summed E-state index contributed by atoms with van der Waals surface area (Å²) in [5.41, 5.74) is 9.42. The lowest BCUT2D eigenvalue weighted by Crippen LogP contribution is -2.35. The molecule has 1 atom stereocenters. The molecule has 1 heterocycles. The van der Waals surface area contributed by atoms with Gasteiger partial charge in [0.15, 0.2) is 0 Å². The number of fused-ring (bicyclic) bond motifs is 1. The summed E-state index contributed by atoms with van der Waals surface area (Å²) >= 11 is 0. The predicted octanol–water partition coefficient (Wildman–Crippen LogP) is 2.71. The summed E-state index contributed by atoms with van der Waals surface area (Å²) in [5, 5.41) is 2.86. The summed E-state index contributed by atoms with van der Waals surface area (Å²) in [6.07, 6.45) is 0. The molecule has 1 aliphatic rings. The maximum absolute atomic E-state index is 11.5. The largest absolute Gasteiger partial charge is 0.324 e. The summed E-state index contributed by atoms with van der Waals surface area (Å²) in [4.78, 5) is 13.2. The van der Waals surface area contributed by atoms with Crippen molar-refractivity contribution in [3.05, 3.63) is 29.3 Å². The lowest BCUT2D eigenvalue weighted by molar-refractivity contribution is 0.218. The van der Waals surface area contributed by atoms with E-state index in [-0.39, 0.29) is 17.5 Å². The van der Waals surface area contributed by atoms with E-state index in [1.807, 2.05) is 12.1 Å². The third-order valence-electron chi connectivity index (χ3n) is 3.42. The van der Waals surface area contributed by atoms with Crippen LogP contribution < -0.4 is 11.1 Å². The van der Waals surface area contributed by atoms with Crippen LogP contribution in [0.2, 0.25) is 0 Å². The van der Waals surface area contributed by atoms with Crippen molar-refractivity contribution in [2.24, 2.45) is 11.1 Å². The Balaban J connectivity index is 2.33. The first-order valence-electron chi connectivity index (χ1n) is 6.19. The zero-order valence-corrected chi connectivity index (χ0v) is 11.4. The molecule has 1 unspecified atom stereocenters. The minimum atomic E-state index is -0.0598. The van der Waals surface area contributed by atoms with E-state index < -0.39 is 0 Å². The van der Waals surface area contributed by atoms with Gasteiger partial charge in [-0.2, -0.15) is 0 Å².